The summed E-state index contributed by atoms with van der Waals surface area (Å²) >= 11 is 6.03. The highest BCUT2D eigenvalue weighted by molar-refractivity contribution is 6.46. The quantitative estimate of drug-likeness (QED) is 0.406. The third kappa shape index (κ3) is 3.62. The van der Waals surface area contributed by atoms with Gasteiger partial charge in [-0.1, -0.05) is 35.9 Å². The first-order valence-electron chi connectivity index (χ1n) is 8.90. The number of nitrogens with zero attached hydrogens (tertiary/aromatic N) is 3. The van der Waals surface area contributed by atoms with Gasteiger partial charge in [0.2, 0.25) is 0 Å². The zero-order valence-electron chi connectivity index (χ0n) is 15.2. The van der Waals surface area contributed by atoms with Crippen LogP contribution in [0.3, 0.4) is 0 Å². The minimum Gasteiger partial charge on any atom is -0.507 e. The maximum Gasteiger partial charge on any atom is 0.296 e. The number of hydrogen-bond donors (Lipinski definition) is 1. The molecule has 7 heteroatoms. The summed E-state index contributed by atoms with van der Waals surface area (Å²) < 4.78 is 0. The van der Waals surface area contributed by atoms with Gasteiger partial charge in [-0.05, 0) is 35.9 Å². The number of halogens is 1. The summed E-state index contributed by atoms with van der Waals surface area (Å²) in [7, 11) is 0. The molecule has 0 bridgehead atoms. The fraction of sp³-hybridized carbons (Fsp3) is 0.0909. The largest absolute Gasteiger partial charge is 0.507 e. The smallest absolute Gasteiger partial charge is 0.296 e. The first-order valence-corrected chi connectivity index (χ1v) is 9.28. The van der Waals surface area contributed by atoms with Crippen LogP contribution in [0.25, 0.3) is 5.76 Å². The molecule has 144 valence electrons. The van der Waals surface area contributed by atoms with Crippen molar-refractivity contribution in [3.63, 3.8) is 0 Å². The Bertz CT molecular complexity index is 1100. The first-order chi connectivity index (χ1) is 14.1. The molecule has 6 nitrogen and oxygen atoms in total. The molecule has 1 fully saturated rings. The number of carbonyl (C=O) groups excluding carboxylic acids is 2. The minimum atomic E-state index is -0.824. The standard InChI is InChI=1S/C22H16ClN3O3/c23-16-7-3-6-15(11-16)20(27)18-19(17-8-1-2-10-25-17)26(22(29)21(18)28)13-14-5-4-9-24-12-14/h1-12,19,27H,13H2/b20-18-. The summed E-state index contributed by atoms with van der Waals surface area (Å²) in [6.07, 6.45) is 4.84. The first kappa shape index (κ1) is 18.8. The molecule has 1 atom stereocenters. The highest BCUT2D eigenvalue weighted by Gasteiger charge is 2.46. The molecule has 1 aliphatic heterocycles. The number of benzene rings is 1. The van der Waals surface area contributed by atoms with Crippen LogP contribution < -0.4 is 0 Å². The number of likely N-dealkylation sites (tertiary alicyclic amines) is 1. The predicted octanol–water partition coefficient (Wildman–Crippen LogP) is 3.75. The molecule has 2 aromatic heterocycles. The van der Waals surface area contributed by atoms with Gasteiger partial charge in [0.05, 0.1) is 11.3 Å². The van der Waals surface area contributed by atoms with Gasteiger partial charge in [0.15, 0.2) is 0 Å². The lowest BCUT2D eigenvalue weighted by molar-refractivity contribution is -0.140. The van der Waals surface area contributed by atoms with Gasteiger partial charge in [-0.2, -0.15) is 0 Å². The minimum absolute atomic E-state index is 0.0140. The Balaban J connectivity index is 1.86. The second-order valence-electron chi connectivity index (χ2n) is 6.55. The van der Waals surface area contributed by atoms with Crippen LogP contribution in [0.15, 0.2) is 78.8 Å². The molecule has 4 rings (SSSR count). The van der Waals surface area contributed by atoms with Gasteiger partial charge in [0, 0.05) is 35.7 Å². The summed E-state index contributed by atoms with van der Waals surface area (Å²) in [5.74, 6) is -1.75. The number of aliphatic hydroxyl groups excluding tert-OH is 1. The number of carbonyl (C=O) groups is 2. The van der Waals surface area contributed by atoms with E-state index in [2.05, 4.69) is 9.97 Å². The number of hydrogen-bond acceptors (Lipinski definition) is 5. The number of ketones is 1. The van der Waals surface area contributed by atoms with Gasteiger partial charge in [-0.3, -0.25) is 19.6 Å². The van der Waals surface area contributed by atoms with Gasteiger partial charge in [0.1, 0.15) is 11.8 Å². The summed E-state index contributed by atoms with van der Waals surface area (Å²) in [4.78, 5) is 35.6. The molecule has 3 heterocycles. The second-order valence-corrected chi connectivity index (χ2v) is 6.99. The van der Waals surface area contributed by atoms with Crippen molar-refractivity contribution in [1.29, 1.82) is 0 Å². The van der Waals surface area contributed by atoms with Crippen molar-refractivity contribution >= 4 is 29.1 Å². The van der Waals surface area contributed by atoms with E-state index in [0.717, 1.165) is 5.56 Å². The zero-order chi connectivity index (χ0) is 20.4. The molecule has 1 unspecified atom stereocenters. The summed E-state index contributed by atoms with van der Waals surface area (Å²) in [6, 6.07) is 14.5. The topological polar surface area (TPSA) is 83.4 Å². The molecule has 1 N–H and O–H groups in total. The number of rotatable bonds is 4. The lowest BCUT2D eigenvalue weighted by atomic mass is 9.98. The summed E-state index contributed by atoms with van der Waals surface area (Å²) in [6.45, 7) is 0.159. The van der Waals surface area contributed by atoms with Crippen LogP contribution >= 0.6 is 11.6 Å². The number of Topliss-reactive ketones (excluding diaryl/α,β-unsaturated/α-hetero) is 1. The lowest BCUT2D eigenvalue weighted by Crippen LogP contribution is -2.29. The van der Waals surface area contributed by atoms with Crippen LogP contribution in [0.2, 0.25) is 5.02 Å². The van der Waals surface area contributed by atoms with E-state index < -0.39 is 17.7 Å². The van der Waals surface area contributed by atoms with Gasteiger partial charge >= 0.3 is 0 Å². The van der Waals surface area contributed by atoms with Crippen molar-refractivity contribution in [2.45, 2.75) is 12.6 Å². The molecule has 0 spiro atoms. The normalized spacial score (nSPS) is 18.2. The maximum atomic E-state index is 12.9. The fourth-order valence-electron chi connectivity index (χ4n) is 3.37. The Hall–Kier alpha value is -3.51. The molecular weight excluding hydrogens is 390 g/mol. The van der Waals surface area contributed by atoms with E-state index in [0.29, 0.717) is 16.3 Å². The Morgan fingerprint density at radius 3 is 2.62 bits per heavy atom. The Labute approximate surface area is 172 Å². The van der Waals surface area contributed by atoms with E-state index in [1.807, 2.05) is 6.07 Å². The maximum absolute atomic E-state index is 12.9. The molecule has 1 aromatic carbocycles. The number of aromatic nitrogens is 2. The average molecular weight is 406 g/mol. The molecule has 3 aromatic rings. The van der Waals surface area contributed by atoms with Crippen LogP contribution in [-0.4, -0.2) is 31.7 Å². The Morgan fingerprint density at radius 2 is 1.93 bits per heavy atom. The molecule has 0 aliphatic carbocycles. The van der Waals surface area contributed by atoms with E-state index in [4.69, 9.17) is 11.6 Å². The van der Waals surface area contributed by atoms with E-state index in [9.17, 15) is 14.7 Å². The zero-order valence-corrected chi connectivity index (χ0v) is 16.0. The van der Waals surface area contributed by atoms with Gasteiger partial charge in [-0.15, -0.1) is 0 Å². The van der Waals surface area contributed by atoms with Crippen LogP contribution in [-0.2, 0) is 16.1 Å². The second kappa shape index (κ2) is 7.85. The molecule has 1 amide bonds. The highest BCUT2D eigenvalue weighted by atomic mass is 35.5. The van der Waals surface area contributed by atoms with E-state index >= 15 is 0 Å². The van der Waals surface area contributed by atoms with Crippen molar-refractivity contribution in [2.75, 3.05) is 0 Å². The summed E-state index contributed by atoms with van der Waals surface area (Å²) in [5, 5.41) is 11.3. The van der Waals surface area contributed by atoms with Gasteiger partial charge in [-0.25, -0.2) is 0 Å². The number of pyridine rings is 2. The summed E-state index contributed by atoms with van der Waals surface area (Å²) in [5.41, 5.74) is 1.59. The highest BCUT2D eigenvalue weighted by Crippen LogP contribution is 2.39. The monoisotopic (exact) mass is 405 g/mol. The molecule has 0 saturated carbocycles. The van der Waals surface area contributed by atoms with Crippen LogP contribution in [0, 0.1) is 0 Å². The van der Waals surface area contributed by atoms with E-state index in [1.54, 1.807) is 67.1 Å². The predicted molar refractivity (Wildman–Crippen MR) is 108 cm³/mol. The lowest BCUT2D eigenvalue weighted by Gasteiger charge is -2.24. The third-order valence-electron chi connectivity index (χ3n) is 4.68. The average Bonchev–Trinajstić information content (AvgIpc) is 2.99. The van der Waals surface area contributed by atoms with Crippen molar-refractivity contribution in [3.8, 4) is 0 Å². The van der Waals surface area contributed by atoms with Crippen molar-refractivity contribution in [3.05, 3.63) is 101 Å². The molecule has 1 saturated heterocycles. The fourth-order valence-corrected chi connectivity index (χ4v) is 3.56. The third-order valence-corrected chi connectivity index (χ3v) is 4.92. The Morgan fingerprint density at radius 1 is 1.07 bits per heavy atom. The molecule has 29 heavy (non-hydrogen) atoms. The van der Waals surface area contributed by atoms with Crippen LogP contribution in [0.4, 0.5) is 0 Å². The molecule has 1 aliphatic rings. The van der Waals surface area contributed by atoms with E-state index in [1.165, 1.54) is 4.90 Å². The van der Waals surface area contributed by atoms with Crippen molar-refractivity contribution in [1.82, 2.24) is 14.9 Å². The van der Waals surface area contributed by atoms with Crippen LogP contribution in [0.5, 0.6) is 0 Å². The molecule has 0 radical (unpaired) electrons. The van der Waals surface area contributed by atoms with Gasteiger partial charge in [0.25, 0.3) is 11.7 Å². The van der Waals surface area contributed by atoms with E-state index in [-0.39, 0.29) is 17.9 Å². The molecular formula is C22H16ClN3O3. The number of aliphatic hydroxyl groups is 1. The van der Waals surface area contributed by atoms with Crippen molar-refractivity contribution in [2.24, 2.45) is 0 Å². The van der Waals surface area contributed by atoms with Gasteiger partial charge < -0.3 is 10.0 Å². The van der Waals surface area contributed by atoms with Crippen molar-refractivity contribution < 1.29 is 14.7 Å². The van der Waals surface area contributed by atoms with Crippen LogP contribution in [0.1, 0.15) is 22.9 Å². The number of amides is 1. The SMILES string of the molecule is O=C1C(=O)N(Cc2cccnc2)C(c2ccccn2)/C1=C(/O)c1cccc(Cl)c1. The Kier molecular flexibility index (Phi) is 5.10.